The lowest BCUT2D eigenvalue weighted by Crippen LogP contribution is -2.62. The SMILES string of the molecule is O=C(CC(NC1CC1)(C(=O)O)C1c2ccccc2N[C@@H]2CCC[C@H]12)C(=O)c1ccc(-c2ccccc2)cc1. The van der Waals surface area contributed by atoms with Gasteiger partial charge in [0.15, 0.2) is 0 Å². The van der Waals surface area contributed by atoms with Crippen molar-refractivity contribution in [2.24, 2.45) is 5.92 Å². The van der Waals surface area contributed by atoms with Gasteiger partial charge in [-0.15, -0.1) is 0 Å². The van der Waals surface area contributed by atoms with E-state index in [1.54, 1.807) is 12.1 Å². The summed E-state index contributed by atoms with van der Waals surface area (Å²) in [4.78, 5) is 40.2. The Labute approximate surface area is 222 Å². The van der Waals surface area contributed by atoms with E-state index in [0.717, 1.165) is 54.5 Å². The summed E-state index contributed by atoms with van der Waals surface area (Å²) in [6.07, 6.45) is 4.24. The predicted molar refractivity (Wildman–Crippen MR) is 146 cm³/mol. The molecule has 3 N–H and O–H groups in total. The van der Waals surface area contributed by atoms with Crippen LogP contribution < -0.4 is 10.6 Å². The number of nitrogens with one attached hydrogen (secondary N) is 2. The zero-order valence-corrected chi connectivity index (χ0v) is 21.2. The van der Waals surface area contributed by atoms with Gasteiger partial charge in [0.1, 0.15) is 5.54 Å². The summed E-state index contributed by atoms with van der Waals surface area (Å²) >= 11 is 0. The summed E-state index contributed by atoms with van der Waals surface area (Å²) in [5.74, 6) is -2.71. The number of rotatable bonds is 9. The standard InChI is InChI=1S/C32H32N2O4/c35-28(30(36)22-15-13-21(14-16-22)20-7-2-1-3-8-20)19-32(31(37)38,34-23-17-18-23)29-24-9-4-5-11-26(24)33-27-12-6-10-25(27)29/h1-5,7-9,11,13-16,23,25,27,29,33-34H,6,10,12,17-19H2,(H,37,38)/t25-,27+,29?,32?/m0/s1. The van der Waals surface area contributed by atoms with E-state index in [1.807, 2.05) is 66.7 Å². The van der Waals surface area contributed by atoms with Crippen molar-refractivity contribution in [2.75, 3.05) is 5.32 Å². The van der Waals surface area contributed by atoms with Crippen LogP contribution in [0.3, 0.4) is 0 Å². The van der Waals surface area contributed by atoms with Crippen LogP contribution >= 0.6 is 0 Å². The number of anilines is 1. The molecule has 3 aromatic rings. The van der Waals surface area contributed by atoms with Crippen molar-refractivity contribution in [2.45, 2.75) is 62.1 Å². The van der Waals surface area contributed by atoms with E-state index >= 15 is 0 Å². The molecular formula is C32H32N2O4. The van der Waals surface area contributed by atoms with Crippen molar-refractivity contribution in [1.82, 2.24) is 5.32 Å². The fourth-order valence-corrected chi connectivity index (χ4v) is 6.58. The maximum Gasteiger partial charge on any atom is 0.325 e. The maximum atomic E-state index is 13.6. The Morgan fingerprint density at radius 1 is 0.842 bits per heavy atom. The predicted octanol–water partition coefficient (Wildman–Crippen LogP) is 5.45. The van der Waals surface area contributed by atoms with Gasteiger partial charge < -0.3 is 10.4 Å². The number of hydrogen-bond donors (Lipinski definition) is 3. The molecule has 0 spiro atoms. The van der Waals surface area contributed by atoms with Crippen LogP contribution in [0.4, 0.5) is 5.69 Å². The number of carbonyl (C=O) groups is 3. The zero-order valence-electron chi connectivity index (χ0n) is 21.2. The average molecular weight is 509 g/mol. The normalized spacial score (nSPS) is 23.4. The molecule has 6 heteroatoms. The van der Waals surface area contributed by atoms with E-state index in [2.05, 4.69) is 10.6 Å². The third kappa shape index (κ3) is 4.43. The van der Waals surface area contributed by atoms with Gasteiger partial charge in [0, 0.05) is 35.7 Å². The van der Waals surface area contributed by atoms with Gasteiger partial charge in [0.25, 0.3) is 0 Å². The van der Waals surface area contributed by atoms with Crippen LogP contribution in [0.5, 0.6) is 0 Å². The van der Waals surface area contributed by atoms with E-state index < -0.39 is 29.0 Å². The lowest BCUT2D eigenvalue weighted by atomic mass is 9.65. The number of aliphatic carboxylic acids is 1. The number of ketones is 2. The van der Waals surface area contributed by atoms with Gasteiger partial charge in [-0.2, -0.15) is 0 Å². The number of carbonyl (C=O) groups excluding carboxylic acids is 2. The van der Waals surface area contributed by atoms with Crippen molar-refractivity contribution >= 4 is 23.2 Å². The molecule has 1 heterocycles. The number of fused-ring (bicyclic) bond motifs is 2. The molecule has 0 aromatic heterocycles. The minimum absolute atomic E-state index is 0.0426. The molecule has 38 heavy (non-hydrogen) atoms. The summed E-state index contributed by atoms with van der Waals surface area (Å²) in [7, 11) is 0. The van der Waals surface area contributed by atoms with E-state index in [1.165, 1.54) is 0 Å². The van der Waals surface area contributed by atoms with Crippen LogP contribution in [0.2, 0.25) is 0 Å². The molecule has 3 aliphatic rings. The van der Waals surface area contributed by atoms with E-state index in [9.17, 15) is 19.5 Å². The first-order valence-corrected chi connectivity index (χ1v) is 13.6. The highest BCUT2D eigenvalue weighted by Crippen LogP contribution is 2.52. The Balaban J connectivity index is 1.34. The molecule has 4 atom stereocenters. The molecular weight excluding hydrogens is 476 g/mol. The van der Waals surface area contributed by atoms with Crippen molar-refractivity contribution in [1.29, 1.82) is 0 Å². The molecule has 1 aliphatic heterocycles. The van der Waals surface area contributed by atoms with Crippen LogP contribution in [-0.4, -0.2) is 40.3 Å². The quantitative estimate of drug-likeness (QED) is 0.263. The highest BCUT2D eigenvalue weighted by molar-refractivity contribution is 6.44. The highest BCUT2D eigenvalue weighted by atomic mass is 16.4. The second-order valence-corrected chi connectivity index (χ2v) is 11.0. The highest BCUT2D eigenvalue weighted by Gasteiger charge is 2.57. The Kier molecular flexibility index (Phi) is 6.36. The van der Waals surface area contributed by atoms with Crippen LogP contribution in [0.15, 0.2) is 78.9 Å². The summed E-state index contributed by atoms with van der Waals surface area (Å²) in [5.41, 5.74) is 2.54. The largest absolute Gasteiger partial charge is 0.480 e. The molecule has 2 saturated carbocycles. The Morgan fingerprint density at radius 2 is 1.53 bits per heavy atom. The first kappa shape index (κ1) is 24.6. The molecule has 6 nitrogen and oxygen atoms in total. The van der Waals surface area contributed by atoms with Crippen molar-refractivity contribution in [3.05, 3.63) is 90.0 Å². The number of hydrogen-bond acceptors (Lipinski definition) is 5. The number of carboxylic acid groups (broad SMARTS) is 1. The molecule has 0 amide bonds. The van der Waals surface area contributed by atoms with Gasteiger partial charge in [-0.25, -0.2) is 0 Å². The molecule has 6 rings (SSSR count). The summed E-state index contributed by atoms with van der Waals surface area (Å²) in [5, 5.41) is 17.8. The monoisotopic (exact) mass is 508 g/mol. The minimum Gasteiger partial charge on any atom is -0.480 e. The Bertz CT molecular complexity index is 1370. The number of carboxylic acids is 1. The molecule has 0 radical (unpaired) electrons. The topological polar surface area (TPSA) is 95.5 Å². The summed E-state index contributed by atoms with van der Waals surface area (Å²) in [6.45, 7) is 0. The van der Waals surface area contributed by atoms with Crippen LogP contribution in [0, 0.1) is 5.92 Å². The summed E-state index contributed by atoms with van der Waals surface area (Å²) < 4.78 is 0. The molecule has 2 fully saturated rings. The fraction of sp³-hybridized carbons (Fsp3) is 0.344. The molecule has 0 saturated heterocycles. The zero-order chi connectivity index (χ0) is 26.3. The van der Waals surface area contributed by atoms with Gasteiger partial charge in [-0.05, 0) is 54.4 Å². The van der Waals surface area contributed by atoms with E-state index in [4.69, 9.17) is 0 Å². The van der Waals surface area contributed by atoms with Crippen molar-refractivity contribution in [3.63, 3.8) is 0 Å². The second kappa shape index (κ2) is 9.84. The number of benzene rings is 3. The fourth-order valence-electron chi connectivity index (χ4n) is 6.58. The molecule has 2 unspecified atom stereocenters. The van der Waals surface area contributed by atoms with E-state index in [-0.39, 0.29) is 30.0 Å². The van der Waals surface area contributed by atoms with Gasteiger partial charge in [-0.3, -0.25) is 19.7 Å². The van der Waals surface area contributed by atoms with Gasteiger partial charge >= 0.3 is 5.97 Å². The molecule has 0 bridgehead atoms. The Hall–Kier alpha value is -3.77. The molecule has 3 aromatic carbocycles. The molecule has 2 aliphatic carbocycles. The van der Waals surface area contributed by atoms with Crippen molar-refractivity contribution in [3.8, 4) is 11.1 Å². The number of Topliss-reactive ketones (excluding diaryl/α,β-unsaturated/α-hetero) is 2. The van der Waals surface area contributed by atoms with Crippen molar-refractivity contribution < 1.29 is 19.5 Å². The smallest absolute Gasteiger partial charge is 0.325 e. The first-order chi connectivity index (χ1) is 18.5. The van der Waals surface area contributed by atoms with E-state index in [0.29, 0.717) is 0 Å². The number of para-hydroxylation sites is 1. The third-order valence-corrected chi connectivity index (χ3v) is 8.53. The van der Waals surface area contributed by atoms with Gasteiger partial charge in [0.05, 0.1) is 0 Å². The molecule has 194 valence electrons. The first-order valence-electron chi connectivity index (χ1n) is 13.6. The maximum absolute atomic E-state index is 13.6. The Morgan fingerprint density at radius 3 is 2.24 bits per heavy atom. The van der Waals surface area contributed by atoms with Crippen LogP contribution in [0.1, 0.15) is 60.4 Å². The lowest BCUT2D eigenvalue weighted by molar-refractivity contribution is -0.149. The van der Waals surface area contributed by atoms with Crippen LogP contribution in [-0.2, 0) is 9.59 Å². The minimum atomic E-state index is -1.55. The van der Waals surface area contributed by atoms with Crippen LogP contribution in [0.25, 0.3) is 11.1 Å². The average Bonchev–Trinajstić information content (AvgIpc) is 3.64. The lowest BCUT2D eigenvalue weighted by Gasteiger charge is -2.46. The third-order valence-electron chi connectivity index (χ3n) is 8.53. The van der Waals surface area contributed by atoms with Gasteiger partial charge in [0.2, 0.25) is 11.6 Å². The van der Waals surface area contributed by atoms with Gasteiger partial charge in [-0.1, -0.05) is 79.2 Å². The second-order valence-electron chi connectivity index (χ2n) is 11.0. The summed E-state index contributed by atoms with van der Waals surface area (Å²) in [6, 6.07) is 24.8.